The molecule has 1 N–H and O–H groups in total. The average Bonchev–Trinajstić information content (AvgIpc) is 2.92. The monoisotopic (exact) mass is 427 g/mol. The van der Waals surface area contributed by atoms with Gasteiger partial charge in [-0.05, 0) is 60.3 Å². The smallest absolute Gasteiger partial charge is 0.411 e. The molecule has 1 heterocycles. The summed E-state index contributed by atoms with van der Waals surface area (Å²) in [5.74, 6) is -0.0309. The molecular weight excluding hydrogens is 402 g/mol. The van der Waals surface area contributed by atoms with Crippen LogP contribution in [0.4, 0.5) is 4.79 Å². The molecule has 26 heavy (non-hydrogen) atoms. The Labute approximate surface area is 162 Å². The third-order valence-electron chi connectivity index (χ3n) is 4.09. The van der Waals surface area contributed by atoms with Gasteiger partial charge in [-0.15, -0.1) is 0 Å². The van der Waals surface area contributed by atoms with Crippen molar-refractivity contribution >= 4 is 28.0 Å². The maximum atomic E-state index is 12.3. The van der Waals surface area contributed by atoms with Gasteiger partial charge >= 0.3 is 12.1 Å². The predicted molar refractivity (Wildman–Crippen MR) is 102 cm³/mol. The van der Waals surface area contributed by atoms with Crippen molar-refractivity contribution < 1.29 is 24.2 Å². The number of carbonyl (C=O) groups excluding carboxylic acids is 1. The van der Waals surface area contributed by atoms with E-state index >= 15 is 0 Å². The van der Waals surface area contributed by atoms with Gasteiger partial charge in [0.2, 0.25) is 0 Å². The van der Waals surface area contributed by atoms with E-state index in [0.29, 0.717) is 11.7 Å². The van der Waals surface area contributed by atoms with Gasteiger partial charge in [-0.1, -0.05) is 19.9 Å². The lowest BCUT2D eigenvalue weighted by Crippen LogP contribution is -2.43. The Balaban J connectivity index is 2.12. The van der Waals surface area contributed by atoms with Crippen LogP contribution in [-0.2, 0) is 9.53 Å². The maximum Gasteiger partial charge on any atom is 0.411 e. The fourth-order valence-electron chi connectivity index (χ4n) is 2.79. The molecular formula is C19H26BrNO5. The van der Waals surface area contributed by atoms with Gasteiger partial charge in [0.1, 0.15) is 23.5 Å². The van der Waals surface area contributed by atoms with Gasteiger partial charge in [-0.25, -0.2) is 9.59 Å². The lowest BCUT2D eigenvalue weighted by Gasteiger charge is -2.26. The molecule has 2 atom stereocenters. The third-order valence-corrected chi connectivity index (χ3v) is 4.71. The Bertz CT molecular complexity index is 683. The maximum absolute atomic E-state index is 12.3. The number of ether oxygens (including phenoxy) is 2. The van der Waals surface area contributed by atoms with E-state index in [9.17, 15) is 14.7 Å². The molecule has 0 bridgehead atoms. The molecule has 0 aliphatic carbocycles. The number of likely N-dealkylation sites (tertiary alicyclic amines) is 1. The SMILES string of the molecule is CC(C)c1ccc(O[C@H]2C[C@@H](C(=O)O)N(C(=O)OC(C)(C)C)C2)c(Br)c1. The van der Waals surface area contributed by atoms with Crippen LogP contribution >= 0.6 is 15.9 Å². The molecule has 6 nitrogen and oxygen atoms in total. The number of benzene rings is 1. The standard InChI is InChI=1S/C19H26BrNO5/c1-11(2)12-6-7-16(14(20)8-12)25-13-9-15(17(22)23)21(10-13)18(24)26-19(3,4)5/h6-8,11,13,15H,9-10H2,1-5H3,(H,22,23)/t13-,15-/m0/s1. The fourth-order valence-corrected chi connectivity index (χ4v) is 3.28. The number of nitrogens with zero attached hydrogens (tertiary/aromatic N) is 1. The Kier molecular flexibility index (Phi) is 6.21. The number of carboxylic acids is 1. The summed E-state index contributed by atoms with van der Waals surface area (Å²) >= 11 is 3.50. The molecule has 7 heteroatoms. The van der Waals surface area contributed by atoms with Crippen LogP contribution in [0, 0.1) is 0 Å². The van der Waals surface area contributed by atoms with Crippen LogP contribution in [0.1, 0.15) is 52.5 Å². The third kappa shape index (κ3) is 5.13. The Morgan fingerprint density at radius 3 is 2.46 bits per heavy atom. The van der Waals surface area contributed by atoms with Crippen molar-refractivity contribution in [3.8, 4) is 5.75 Å². The Morgan fingerprint density at radius 1 is 1.31 bits per heavy atom. The minimum Gasteiger partial charge on any atom is -0.487 e. The number of carboxylic acid groups (broad SMARTS) is 1. The average molecular weight is 428 g/mol. The second-order valence-corrected chi connectivity index (χ2v) is 8.66. The zero-order valence-corrected chi connectivity index (χ0v) is 17.4. The van der Waals surface area contributed by atoms with Crippen LogP contribution in [0.25, 0.3) is 0 Å². The highest BCUT2D eigenvalue weighted by molar-refractivity contribution is 9.10. The van der Waals surface area contributed by atoms with Gasteiger partial charge in [-0.3, -0.25) is 4.90 Å². The normalized spacial score (nSPS) is 20.3. The second-order valence-electron chi connectivity index (χ2n) is 7.81. The van der Waals surface area contributed by atoms with Crippen LogP contribution in [0.3, 0.4) is 0 Å². The summed E-state index contributed by atoms with van der Waals surface area (Å²) in [6.07, 6.45) is -0.831. The molecule has 0 aromatic heterocycles. The number of halogens is 1. The van der Waals surface area contributed by atoms with E-state index in [-0.39, 0.29) is 13.0 Å². The van der Waals surface area contributed by atoms with Crippen molar-refractivity contribution in [2.24, 2.45) is 0 Å². The van der Waals surface area contributed by atoms with Crippen molar-refractivity contribution in [2.45, 2.75) is 64.7 Å². The first-order valence-corrected chi connectivity index (χ1v) is 9.45. The molecule has 0 saturated carbocycles. The number of hydrogen-bond donors (Lipinski definition) is 1. The first-order chi connectivity index (χ1) is 12.0. The minimum absolute atomic E-state index is 0.171. The Morgan fingerprint density at radius 2 is 1.96 bits per heavy atom. The van der Waals surface area contributed by atoms with Gasteiger partial charge in [0.15, 0.2) is 0 Å². The molecule has 0 spiro atoms. The summed E-state index contributed by atoms with van der Waals surface area (Å²) in [7, 11) is 0. The summed E-state index contributed by atoms with van der Waals surface area (Å²) in [6.45, 7) is 9.63. The molecule has 1 aliphatic heterocycles. The quantitative estimate of drug-likeness (QED) is 0.769. The van der Waals surface area contributed by atoms with E-state index in [1.54, 1.807) is 20.8 Å². The molecule has 1 aromatic carbocycles. The van der Waals surface area contributed by atoms with E-state index in [4.69, 9.17) is 9.47 Å². The molecule has 2 rings (SSSR count). The summed E-state index contributed by atoms with van der Waals surface area (Å²) in [5.41, 5.74) is 0.490. The molecule has 1 amide bonds. The molecule has 1 fully saturated rings. The van der Waals surface area contributed by atoms with Gasteiger partial charge in [-0.2, -0.15) is 0 Å². The van der Waals surface area contributed by atoms with E-state index in [2.05, 4.69) is 29.8 Å². The zero-order valence-electron chi connectivity index (χ0n) is 15.8. The number of aliphatic carboxylic acids is 1. The predicted octanol–water partition coefficient (Wildman–Crippen LogP) is 4.41. The van der Waals surface area contributed by atoms with Crippen molar-refractivity contribution in [2.75, 3.05) is 6.54 Å². The van der Waals surface area contributed by atoms with Crippen LogP contribution in [-0.4, -0.2) is 46.4 Å². The summed E-state index contributed by atoms with van der Waals surface area (Å²) < 4.78 is 12.1. The molecule has 1 aliphatic rings. The van der Waals surface area contributed by atoms with Gasteiger partial charge < -0.3 is 14.6 Å². The van der Waals surface area contributed by atoms with Crippen molar-refractivity contribution in [3.05, 3.63) is 28.2 Å². The molecule has 144 valence electrons. The largest absolute Gasteiger partial charge is 0.487 e. The van der Waals surface area contributed by atoms with Crippen LogP contribution in [0.5, 0.6) is 5.75 Å². The lowest BCUT2D eigenvalue weighted by molar-refractivity contribution is -0.142. The van der Waals surface area contributed by atoms with E-state index in [0.717, 1.165) is 4.47 Å². The molecule has 1 aromatic rings. The highest BCUT2D eigenvalue weighted by Gasteiger charge is 2.42. The van der Waals surface area contributed by atoms with E-state index in [1.807, 2.05) is 18.2 Å². The van der Waals surface area contributed by atoms with Crippen LogP contribution in [0.2, 0.25) is 0 Å². The summed E-state index contributed by atoms with van der Waals surface area (Å²) in [4.78, 5) is 25.1. The number of rotatable bonds is 4. The topological polar surface area (TPSA) is 76.1 Å². The lowest BCUT2D eigenvalue weighted by atomic mass is 10.0. The van der Waals surface area contributed by atoms with Crippen LogP contribution < -0.4 is 4.74 Å². The van der Waals surface area contributed by atoms with Crippen LogP contribution in [0.15, 0.2) is 22.7 Å². The summed E-state index contributed by atoms with van der Waals surface area (Å²) in [5, 5.41) is 9.45. The van der Waals surface area contributed by atoms with Crippen molar-refractivity contribution in [1.82, 2.24) is 4.90 Å². The highest BCUT2D eigenvalue weighted by Crippen LogP contribution is 2.32. The van der Waals surface area contributed by atoms with Gasteiger partial charge in [0, 0.05) is 6.42 Å². The molecule has 0 radical (unpaired) electrons. The fraction of sp³-hybridized carbons (Fsp3) is 0.579. The van der Waals surface area contributed by atoms with Crippen molar-refractivity contribution in [1.29, 1.82) is 0 Å². The number of carbonyl (C=O) groups is 2. The van der Waals surface area contributed by atoms with Gasteiger partial charge in [0.05, 0.1) is 11.0 Å². The van der Waals surface area contributed by atoms with E-state index < -0.39 is 29.8 Å². The minimum atomic E-state index is -1.06. The number of amides is 1. The zero-order chi connectivity index (χ0) is 19.6. The first-order valence-electron chi connectivity index (χ1n) is 8.66. The second kappa shape index (κ2) is 7.86. The number of hydrogen-bond acceptors (Lipinski definition) is 4. The highest BCUT2D eigenvalue weighted by atomic mass is 79.9. The Hall–Kier alpha value is -1.76. The van der Waals surface area contributed by atoms with Crippen molar-refractivity contribution in [3.63, 3.8) is 0 Å². The summed E-state index contributed by atoms with van der Waals surface area (Å²) in [6, 6.07) is 4.89. The van der Waals surface area contributed by atoms with E-state index in [1.165, 1.54) is 10.5 Å². The first kappa shape index (κ1) is 20.6. The molecule has 0 unspecified atom stereocenters. The molecule has 1 saturated heterocycles. The van der Waals surface area contributed by atoms with Gasteiger partial charge in [0.25, 0.3) is 0 Å².